The largest absolute Gasteiger partial charge is 0.326 e. The van der Waals surface area contributed by atoms with Crippen LogP contribution < -0.4 is 10.8 Å². The highest BCUT2D eigenvalue weighted by molar-refractivity contribution is 9.10. The van der Waals surface area contributed by atoms with Gasteiger partial charge in [-0.2, -0.15) is 8.42 Å². The van der Waals surface area contributed by atoms with Crippen LogP contribution in [0.3, 0.4) is 0 Å². The molecule has 0 spiro atoms. The van der Waals surface area contributed by atoms with Crippen molar-refractivity contribution < 1.29 is 17.5 Å². The van der Waals surface area contributed by atoms with Crippen LogP contribution in [-0.4, -0.2) is 14.3 Å². The molecular formula is C14H11BrN2O4S. The van der Waals surface area contributed by atoms with Crippen molar-refractivity contribution in [3.8, 4) is 0 Å². The van der Waals surface area contributed by atoms with Gasteiger partial charge >= 0.3 is 10.1 Å². The SMILES string of the molecule is O=C1Cc2cc(S(=O)(=O)ONc3ccc(Br)cc3)ccc2N1. The van der Waals surface area contributed by atoms with Gasteiger partial charge in [0.05, 0.1) is 17.0 Å². The molecule has 2 aromatic carbocycles. The molecule has 0 aliphatic carbocycles. The van der Waals surface area contributed by atoms with Gasteiger partial charge in [0.25, 0.3) is 0 Å². The number of hydrogen-bond donors (Lipinski definition) is 2. The Hall–Kier alpha value is -1.90. The predicted molar refractivity (Wildman–Crippen MR) is 84.8 cm³/mol. The molecule has 114 valence electrons. The first-order valence-electron chi connectivity index (χ1n) is 6.32. The van der Waals surface area contributed by atoms with Gasteiger partial charge in [-0.25, -0.2) is 5.48 Å². The number of benzene rings is 2. The molecule has 0 fully saturated rings. The van der Waals surface area contributed by atoms with E-state index in [0.717, 1.165) is 4.47 Å². The minimum absolute atomic E-state index is 0.00707. The van der Waals surface area contributed by atoms with Gasteiger partial charge < -0.3 is 5.32 Å². The smallest absolute Gasteiger partial charge is 0.317 e. The summed E-state index contributed by atoms with van der Waals surface area (Å²) in [4.78, 5) is 11.3. The van der Waals surface area contributed by atoms with Crippen molar-refractivity contribution >= 4 is 43.3 Å². The summed E-state index contributed by atoms with van der Waals surface area (Å²) in [6.07, 6.45) is 0.166. The Labute approximate surface area is 135 Å². The van der Waals surface area contributed by atoms with E-state index in [1.165, 1.54) is 12.1 Å². The highest BCUT2D eigenvalue weighted by Crippen LogP contribution is 2.26. The van der Waals surface area contributed by atoms with Crippen molar-refractivity contribution in [3.63, 3.8) is 0 Å². The number of anilines is 2. The maximum atomic E-state index is 12.2. The molecule has 0 saturated carbocycles. The summed E-state index contributed by atoms with van der Waals surface area (Å²) in [5.41, 5.74) is 4.17. The van der Waals surface area contributed by atoms with E-state index in [4.69, 9.17) is 4.28 Å². The summed E-state index contributed by atoms with van der Waals surface area (Å²) in [5, 5.41) is 2.64. The number of rotatable bonds is 4. The quantitative estimate of drug-likeness (QED) is 0.794. The number of carbonyl (C=O) groups excluding carboxylic acids is 1. The van der Waals surface area contributed by atoms with Crippen LogP contribution in [0.2, 0.25) is 0 Å². The Morgan fingerprint density at radius 3 is 2.59 bits per heavy atom. The van der Waals surface area contributed by atoms with Gasteiger partial charge in [0.15, 0.2) is 0 Å². The molecular weight excluding hydrogens is 372 g/mol. The Balaban J connectivity index is 1.77. The van der Waals surface area contributed by atoms with Crippen molar-refractivity contribution in [3.05, 3.63) is 52.5 Å². The van der Waals surface area contributed by atoms with Crippen LogP contribution in [0.15, 0.2) is 51.8 Å². The fourth-order valence-corrected chi connectivity index (χ4v) is 3.12. The molecule has 0 aromatic heterocycles. The van der Waals surface area contributed by atoms with Crippen LogP contribution in [-0.2, 0) is 25.6 Å². The fourth-order valence-electron chi connectivity index (χ4n) is 2.03. The molecule has 0 unspecified atom stereocenters. The van der Waals surface area contributed by atoms with Crippen LogP contribution >= 0.6 is 15.9 Å². The lowest BCUT2D eigenvalue weighted by atomic mass is 10.2. The third-order valence-electron chi connectivity index (χ3n) is 3.10. The number of fused-ring (bicyclic) bond motifs is 1. The minimum atomic E-state index is -3.97. The highest BCUT2D eigenvalue weighted by atomic mass is 79.9. The predicted octanol–water partition coefficient (Wildman–Crippen LogP) is 2.68. The summed E-state index contributed by atoms with van der Waals surface area (Å²) in [6, 6.07) is 11.2. The van der Waals surface area contributed by atoms with E-state index >= 15 is 0 Å². The molecule has 1 aliphatic rings. The average Bonchev–Trinajstić information content (AvgIpc) is 2.86. The standard InChI is InChI=1S/C14H11BrN2O4S/c15-10-1-3-11(4-2-10)17-21-22(19,20)12-5-6-13-9(7-12)8-14(18)16-13/h1-7,17H,8H2,(H,16,18). The molecule has 0 atom stereocenters. The van der Waals surface area contributed by atoms with Gasteiger partial charge in [-0.05, 0) is 48.0 Å². The van der Waals surface area contributed by atoms with E-state index in [1.807, 2.05) is 0 Å². The molecule has 0 radical (unpaired) electrons. The normalized spacial score (nSPS) is 13.6. The molecule has 1 amide bonds. The first kappa shape index (κ1) is 15.0. The van der Waals surface area contributed by atoms with E-state index in [2.05, 4.69) is 26.7 Å². The molecule has 2 N–H and O–H groups in total. The van der Waals surface area contributed by atoms with E-state index in [-0.39, 0.29) is 17.2 Å². The minimum Gasteiger partial charge on any atom is -0.326 e. The molecule has 0 saturated heterocycles. The molecule has 8 heteroatoms. The third-order valence-corrected chi connectivity index (χ3v) is 4.77. The molecule has 0 bridgehead atoms. The summed E-state index contributed by atoms with van der Waals surface area (Å²) in [7, 11) is -3.97. The monoisotopic (exact) mass is 382 g/mol. The molecule has 6 nitrogen and oxygen atoms in total. The Kier molecular flexibility index (Phi) is 3.90. The maximum Gasteiger partial charge on any atom is 0.317 e. The topological polar surface area (TPSA) is 84.5 Å². The van der Waals surface area contributed by atoms with Crippen LogP contribution in [0.1, 0.15) is 5.56 Å². The number of hydrogen-bond acceptors (Lipinski definition) is 5. The van der Waals surface area contributed by atoms with Crippen molar-refractivity contribution in [1.82, 2.24) is 0 Å². The third kappa shape index (κ3) is 3.13. The van der Waals surface area contributed by atoms with Crippen molar-refractivity contribution in [2.45, 2.75) is 11.3 Å². The van der Waals surface area contributed by atoms with Gasteiger partial charge in [-0.15, -0.1) is 4.28 Å². The van der Waals surface area contributed by atoms with Gasteiger partial charge in [0.1, 0.15) is 0 Å². The Morgan fingerprint density at radius 1 is 1.14 bits per heavy atom. The summed E-state index contributed by atoms with van der Waals surface area (Å²) in [5.74, 6) is -0.154. The molecule has 3 rings (SSSR count). The Bertz CT molecular complexity index is 834. The van der Waals surface area contributed by atoms with Gasteiger partial charge in [0, 0.05) is 10.2 Å². The fraction of sp³-hybridized carbons (Fsp3) is 0.0714. The molecule has 2 aromatic rings. The Morgan fingerprint density at radius 2 is 1.86 bits per heavy atom. The van der Waals surface area contributed by atoms with Crippen LogP contribution in [0.25, 0.3) is 0 Å². The van der Waals surface area contributed by atoms with Crippen LogP contribution in [0.5, 0.6) is 0 Å². The van der Waals surface area contributed by atoms with E-state index in [9.17, 15) is 13.2 Å². The molecule has 1 heterocycles. The zero-order valence-electron chi connectivity index (χ0n) is 11.2. The first-order valence-corrected chi connectivity index (χ1v) is 8.52. The molecule has 1 aliphatic heterocycles. The highest BCUT2D eigenvalue weighted by Gasteiger charge is 2.22. The van der Waals surface area contributed by atoms with Crippen LogP contribution in [0.4, 0.5) is 11.4 Å². The van der Waals surface area contributed by atoms with E-state index in [1.54, 1.807) is 30.3 Å². The van der Waals surface area contributed by atoms with Crippen LogP contribution in [0, 0.1) is 0 Å². The van der Waals surface area contributed by atoms with Crippen molar-refractivity contribution in [2.75, 3.05) is 10.8 Å². The lowest BCUT2D eigenvalue weighted by Gasteiger charge is -2.08. The lowest BCUT2D eigenvalue weighted by molar-refractivity contribution is -0.115. The second-order valence-corrected chi connectivity index (χ2v) is 7.15. The second-order valence-electron chi connectivity index (χ2n) is 4.69. The summed E-state index contributed by atoms with van der Waals surface area (Å²) in [6.45, 7) is 0. The van der Waals surface area contributed by atoms with E-state index in [0.29, 0.717) is 16.9 Å². The zero-order chi connectivity index (χ0) is 15.7. The zero-order valence-corrected chi connectivity index (χ0v) is 13.6. The maximum absolute atomic E-state index is 12.2. The number of amides is 1. The summed E-state index contributed by atoms with van der Waals surface area (Å²) < 4.78 is 30.0. The van der Waals surface area contributed by atoms with Gasteiger partial charge in [0.2, 0.25) is 5.91 Å². The first-order chi connectivity index (χ1) is 10.4. The lowest BCUT2D eigenvalue weighted by Crippen LogP contribution is -2.11. The van der Waals surface area contributed by atoms with Gasteiger partial charge in [-0.1, -0.05) is 15.9 Å². The number of halogens is 1. The van der Waals surface area contributed by atoms with Gasteiger partial charge in [-0.3, -0.25) is 4.79 Å². The number of carbonyl (C=O) groups is 1. The van der Waals surface area contributed by atoms with E-state index < -0.39 is 10.1 Å². The van der Waals surface area contributed by atoms with Crippen molar-refractivity contribution in [1.29, 1.82) is 0 Å². The number of nitrogens with one attached hydrogen (secondary N) is 2. The average molecular weight is 383 g/mol. The second kappa shape index (κ2) is 5.71. The molecule has 22 heavy (non-hydrogen) atoms. The summed E-state index contributed by atoms with van der Waals surface area (Å²) >= 11 is 3.29. The van der Waals surface area contributed by atoms with Crippen molar-refractivity contribution in [2.24, 2.45) is 0 Å².